The Bertz CT molecular complexity index is 995. The number of hydrogen-bond donors (Lipinski definition) is 7. The first-order valence-electron chi connectivity index (χ1n) is 8.56. The Morgan fingerprint density at radius 3 is 2.67 bits per heavy atom. The van der Waals surface area contributed by atoms with E-state index in [-0.39, 0.29) is 17.0 Å². The third-order valence-electron chi connectivity index (χ3n) is 4.74. The number of ketones is 1. The van der Waals surface area contributed by atoms with Gasteiger partial charge in [-0.25, -0.2) is 19.5 Å². The number of nitrogens with two attached hydrogens (primary N) is 2. The number of phosphoric acid groups is 1. The van der Waals surface area contributed by atoms with E-state index in [9.17, 15) is 24.7 Å². The smallest absolute Gasteiger partial charge is 0.391 e. The molecule has 2 aromatic rings. The summed E-state index contributed by atoms with van der Waals surface area (Å²) in [6.45, 7) is 0.361. The summed E-state index contributed by atoms with van der Waals surface area (Å²) in [7, 11) is -4.95. The van der Waals surface area contributed by atoms with Crippen molar-refractivity contribution >= 4 is 30.6 Å². The van der Waals surface area contributed by atoms with Crippen molar-refractivity contribution in [3.8, 4) is 0 Å². The number of nitrogens with zero attached hydrogens (tertiary/aromatic N) is 4. The average molecular weight is 448 g/mol. The second-order valence-electron chi connectivity index (χ2n) is 6.75. The van der Waals surface area contributed by atoms with Gasteiger partial charge < -0.3 is 41.3 Å². The molecule has 9 N–H and O–H groups in total. The van der Waals surface area contributed by atoms with E-state index in [4.69, 9.17) is 26.0 Å². The highest BCUT2D eigenvalue weighted by atomic mass is 31.2. The maximum absolute atomic E-state index is 13.2. The molecule has 15 nitrogen and oxygen atoms in total. The van der Waals surface area contributed by atoms with Crippen LogP contribution < -0.4 is 11.5 Å². The molecule has 0 radical (unpaired) electrons. The Labute approximate surface area is 168 Å². The number of imidazole rings is 1. The van der Waals surface area contributed by atoms with Gasteiger partial charge in [0, 0.05) is 0 Å². The second kappa shape index (κ2) is 7.88. The third kappa shape index (κ3) is 3.71. The highest BCUT2D eigenvalue weighted by Crippen LogP contribution is 2.42. The number of rotatable bonds is 7. The summed E-state index contributed by atoms with van der Waals surface area (Å²) in [6, 6.07) is -1.58. The van der Waals surface area contributed by atoms with Gasteiger partial charge in [0.05, 0.1) is 18.8 Å². The third-order valence-corrected chi connectivity index (χ3v) is 5.22. The number of aromatic nitrogens is 4. The summed E-state index contributed by atoms with van der Waals surface area (Å²) < 4.78 is 21.9. The minimum atomic E-state index is -4.95. The molecule has 1 aliphatic rings. The molecule has 16 heteroatoms. The van der Waals surface area contributed by atoms with Gasteiger partial charge in [-0.3, -0.25) is 13.9 Å². The molecule has 0 saturated carbocycles. The number of nitrogen functional groups attached to an aromatic ring is 1. The van der Waals surface area contributed by atoms with Crippen LogP contribution in [0.2, 0.25) is 0 Å². The molecule has 0 amide bonds. The fourth-order valence-electron chi connectivity index (χ4n) is 3.18. The maximum Gasteiger partial charge on any atom is 0.469 e. The van der Waals surface area contributed by atoms with Crippen LogP contribution >= 0.6 is 7.82 Å². The molecule has 1 saturated heterocycles. The fourth-order valence-corrected chi connectivity index (χ4v) is 3.52. The summed E-state index contributed by atoms with van der Waals surface area (Å²) in [6.07, 6.45) is -4.66. The number of aliphatic hydroxyl groups is 3. The predicted molar refractivity (Wildman–Crippen MR) is 97.3 cm³/mol. The van der Waals surface area contributed by atoms with Crippen molar-refractivity contribution in [2.45, 2.75) is 43.1 Å². The number of aliphatic hydroxyl groups excluding tert-OH is 3. The highest BCUT2D eigenvalue weighted by Gasteiger charge is 2.62. The van der Waals surface area contributed by atoms with E-state index >= 15 is 0 Å². The van der Waals surface area contributed by atoms with Crippen molar-refractivity contribution in [2.24, 2.45) is 5.73 Å². The lowest BCUT2D eigenvalue weighted by atomic mass is 9.92. The minimum Gasteiger partial charge on any atom is -0.391 e. The average Bonchev–Trinajstić information content (AvgIpc) is 3.20. The van der Waals surface area contributed by atoms with E-state index in [2.05, 4.69) is 19.5 Å². The van der Waals surface area contributed by atoms with Gasteiger partial charge in [-0.1, -0.05) is 0 Å². The molecule has 6 atom stereocenters. The molecule has 166 valence electrons. The number of fused-ring (bicyclic) bond motifs is 1. The number of phosphoric ester groups is 1. The molecule has 0 unspecified atom stereocenters. The molecule has 1 fully saturated rings. The summed E-state index contributed by atoms with van der Waals surface area (Å²) in [5.74, 6) is -1.10. The zero-order valence-corrected chi connectivity index (χ0v) is 16.4. The monoisotopic (exact) mass is 448 g/mol. The molecule has 0 aromatic carbocycles. The Morgan fingerprint density at radius 2 is 2.07 bits per heavy atom. The summed E-state index contributed by atoms with van der Waals surface area (Å²) in [5.41, 5.74) is 9.06. The van der Waals surface area contributed by atoms with Crippen LogP contribution in [-0.4, -0.2) is 87.5 Å². The second-order valence-corrected chi connectivity index (χ2v) is 7.99. The number of anilines is 1. The van der Waals surface area contributed by atoms with Crippen molar-refractivity contribution in [3.63, 3.8) is 0 Å². The highest BCUT2D eigenvalue weighted by molar-refractivity contribution is 7.46. The molecule has 0 spiro atoms. The summed E-state index contributed by atoms with van der Waals surface area (Å²) in [4.78, 5) is 42.8. The molecule has 0 bridgehead atoms. The van der Waals surface area contributed by atoms with Crippen LogP contribution in [0.4, 0.5) is 5.82 Å². The van der Waals surface area contributed by atoms with Crippen molar-refractivity contribution in [2.75, 3.05) is 12.3 Å². The predicted octanol–water partition coefficient (Wildman–Crippen LogP) is -3.43. The van der Waals surface area contributed by atoms with Gasteiger partial charge in [0.15, 0.2) is 11.5 Å². The van der Waals surface area contributed by atoms with E-state index in [0.717, 1.165) is 17.2 Å². The van der Waals surface area contributed by atoms with Gasteiger partial charge in [-0.2, -0.15) is 0 Å². The quantitative estimate of drug-likeness (QED) is 0.204. The number of hydrogen-bond acceptors (Lipinski definition) is 12. The van der Waals surface area contributed by atoms with Crippen LogP contribution in [0, 0.1) is 0 Å². The zero-order valence-electron chi connectivity index (χ0n) is 15.5. The lowest BCUT2D eigenvalue weighted by molar-refractivity contribution is -0.177. The normalized spacial score (nSPS) is 29.2. The first kappa shape index (κ1) is 22.6. The number of carbonyl (C=O) groups is 1. The molecule has 0 aliphatic carbocycles. The Balaban J connectivity index is 2.15. The lowest BCUT2D eigenvalue weighted by Crippen LogP contribution is -2.59. The SMILES string of the molecule is C[C@@H](O)[C@H](N)C(=O)[C@@]1(n2cnc3c(N)ncnc32)O[C@H](COP(=O)(O)O)[C@@H](O)[C@H]1O. The van der Waals surface area contributed by atoms with Gasteiger partial charge in [0.1, 0.15) is 36.5 Å². The Morgan fingerprint density at radius 1 is 1.40 bits per heavy atom. The summed E-state index contributed by atoms with van der Waals surface area (Å²) in [5, 5.41) is 31.0. The molecular weight excluding hydrogens is 427 g/mol. The van der Waals surface area contributed by atoms with Gasteiger partial charge in [0.2, 0.25) is 11.5 Å². The molecule has 2 aromatic heterocycles. The Hall–Kier alpha value is -2.07. The van der Waals surface area contributed by atoms with Crippen LogP contribution in [0.1, 0.15) is 6.92 Å². The van der Waals surface area contributed by atoms with Gasteiger partial charge in [0.25, 0.3) is 0 Å². The van der Waals surface area contributed by atoms with E-state index in [1.54, 1.807) is 0 Å². The van der Waals surface area contributed by atoms with Gasteiger partial charge in [-0.05, 0) is 6.92 Å². The van der Waals surface area contributed by atoms with E-state index in [0.29, 0.717) is 0 Å². The first-order chi connectivity index (χ1) is 13.9. The fraction of sp³-hybridized carbons (Fsp3) is 0.571. The van der Waals surface area contributed by atoms with Crippen LogP contribution in [0.15, 0.2) is 12.7 Å². The molecule has 30 heavy (non-hydrogen) atoms. The van der Waals surface area contributed by atoms with Crippen molar-refractivity contribution < 1.29 is 43.7 Å². The lowest BCUT2D eigenvalue weighted by Gasteiger charge is -2.34. The van der Waals surface area contributed by atoms with Gasteiger partial charge >= 0.3 is 7.82 Å². The number of Topliss-reactive ketones (excluding diaryl/α,β-unsaturated/α-hetero) is 1. The number of ether oxygens (including phenoxy) is 1. The van der Waals surface area contributed by atoms with Crippen LogP contribution in [0.25, 0.3) is 11.2 Å². The standard InChI is InChI=1S/C14H21N6O9P/c1-5(21)7(15)10(23)14(20-4-19-8-12(16)17-3-18-13(8)20)11(24)9(22)6(29-14)2-28-30(25,26)27/h3-7,9,11,21-22,24H,2,15H2,1H3,(H2,16,17,18)(H2,25,26,27)/t5-,6-,7+,9-,11-,14-/m1/s1. The van der Waals surface area contributed by atoms with Crippen LogP contribution in [-0.2, 0) is 24.3 Å². The van der Waals surface area contributed by atoms with Crippen molar-refractivity contribution in [1.29, 1.82) is 0 Å². The first-order valence-corrected chi connectivity index (χ1v) is 10.1. The topological polar surface area (TPSA) is 249 Å². The molecular formula is C14H21N6O9P. The van der Waals surface area contributed by atoms with Crippen molar-refractivity contribution in [1.82, 2.24) is 19.5 Å². The molecule has 1 aliphatic heterocycles. The van der Waals surface area contributed by atoms with Gasteiger partial charge in [-0.15, -0.1) is 0 Å². The van der Waals surface area contributed by atoms with Crippen molar-refractivity contribution in [3.05, 3.63) is 12.7 Å². The Kier molecular flexibility index (Phi) is 5.94. The maximum atomic E-state index is 13.2. The molecule has 3 rings (SSSR count). The number of carbonyl (C=O) groups excluding carboxylic acids is 1. The van der Waals surface area contributed by atoms with E-state index in [1.807, 2.05) is 0 Å². The summed E-state index contributed by atoms with van der Waals surface area (Å²) >= 11 is 0. The zero-order chi connectivity index (χ0) is 22.4. The van der Waals surface area contributed by atoms with E-state index < -0.39 is 56.4 Å². The molecule has 3 heterocycles. The van der Waals surface area contributed by atoms with Crippen LogP contribution in [0.3, 0.4) is 0 Å². The largest absolute Gasteiger partial charge is 0.469 e. The van der Waals surface area contributed by atoms with E-state index in [1.165, 1.54) is 6.92 Å². The van der Waals surface area contributed by atoms with Crippen LogP contribution in [0.5, 0.6) is 0 Å². The minimum absolute atomic E-state index is 0.0457.